The average molecular weight is 299 g/mol. The molecule has 0 amide bonds. The first-order valence-corrected chi connectivity index (χ1v) is 6.52. The molecule has 1 aromatic heterocycles. The van der Waals surface area contributed by atoms with Gasteiger partial charge in [0.1, 0.15) is 6.42 Å². The van der Waals surface area contributed by atoms with Crippen molar-refractivity contribution in [3.05, 3.63) is 47.6 Å². The van der Waals surface area contributed by atoms with E-state index in [2.05, 4.69) is 15.5 Å². The molecular formula is C14H16F3N3O. The number of alkyl halides is 3. The van der Waals surface area contributed by atoms with Gasteiger partial charge in [-0.05, 0) is 12.6 Å². The minimum Gasteiger partial charge on any atom is -0.339 e. The van der Waals surface area contributed by atoms with Gasteiger partial charge < -0.3 is 9.84 Å². The van der Waals surface area contributed by atoms with Crippen LogP contribution in [-0.4, -0.2) is 23.4 Å². The lowest BCUT2D eigenvalue weighted by Crippen LogP contribution is -2.22. The van der Waals surface area contributed by atoms with Gasteiger partial charge in [0.15, 0.2) is 5.82 Å². The second-order valence-electron chi connectivity index (χ2n) is 4.81. The number of aromatic nitrogens is 2. The monoisotopic (exact) mass is 299 g/mol. The van der Waals surface area contributed by atoms with Crippen LogP contribution in [0, 0.1) is 0 Å². The number of rotatable bonds is 5. The first-order valence-electron chi connectivity index (χ1n) is 6.52. The van der Waals surface area contributed by atoms with Gasteiger partial charge in [0, 0.05) is 6.04 Å². The smallest absolute Gasteiger partial charge is 0.339 e. The standard InChI is InChI=1S/C14H16F3N3O/c1-9(12(18-2)10-6-4-3-5-7-10)13-19-11(20-21-13)8-14(15,16)17/h3-7,9,12,18H,8H2,1-2H3. The molecule has 0 radical (unpaired) electrons. The van der Waals surface area contributed by atoms with Gasteiger partial charge in [-0.25, -0.2) is 0 Å². The van der Waals surface area contributed by atoms with Crippen molar-refractivity contribution in [2.45, 2.75) is 31.5 Å². The summed E-state index contributed by atoms with van der Waals surface area (Å²) in [7, 11) is 1.78. The summed E-state index contributed by atoms with van der Waals surface area (Å²) >= 11 is 0. The van der Waals surface area contributed by atoms with Crippen molar-refractivity contribution in [3.8, 4) is 0 Å². The number of nitrogens with zero attached hydrogens (tertiary/aromatic N) is 2. The topological polar surface area (TPSA) is 51.0 Å². The van der Waals surface area contributed by atoms with E-state index in [0.717, 1.165) is 5.56 Å². The Kier molecular flexibility index (Phi) is 4.62. The molecule has 0 aliphatic carbocycles. The second-order valence-corrected chi connectivity index (χ2v) is 4.81. The van der Waals surface area contributed by atoms with Crippen LogP contribution < -0.4 is 5.32 Å². The van der Waals surface area contributed by atoms with Crippen LogP contribution in [0.2, 0.25) is 0 Å². The molecular weight excluding hydrogens is 283 g/mol. The average Bonchev–Trinajstić information content (AvgIpc) is 2.87. The molecule has 1 aromatic carbocycles. The molecule has 4 nitrogen and oxygen atoms in total. The fourth-order valence-corrected chi connectivity index (χ4v) is 2.21. The van der Waals surface area contributed by atoms with Crippen LogP contribution >= 0.6 is 0 Å². The summed E-state index contributed by atoms with van der Waals surface area (Å²) < 4.78 is 41.9. The lowest BCUT2D eigenvalue weighted by molar-refractivity contribution is -0.128. The number of nitrogens with one attached hydrogen (secondary N) is 1. The zero-order chi connectivity index (χ0) is 15.5. The largest absolute Gasteiger partial charge is 0.396 e. The van der Waals surface area contributed by atoms with E-state index < -0.39 is 12.6 Å². The summed E-state index contributed by atoms with van der Waals surface area (Å²) in [6, 6.07) is 9.44. The van der Waals surface area contributed by atoms with Gasteiger partial charge in [-0.15, -0.1) is 0 Å². The van der Waals surface area contributed by atoms with Gasteiger partial charge in [-0.3, -0.25) is 0 Å². The summed E-state index contributed by atoms with van der Waals surface area (Å²) in [6.45, 7) is 1.83. The lowest BCUT2D eigenvalue weighted by atomic mass is 9.94. The molecule has 7 heteroatoms. The van der Waals surface area contributed by atoms with Crippen LogP contribution in [0.15, 0.2) is 34.9 Å². The third kappa shape index (κ3) is 4.04. The molecule has 2 rings (SSSR count). The van der Waals surface area contributed by atoms with Crippen molar-refractivity contribution >= 4 is 0 Å². The Balaban J connectivity index is 2.17. The Morgan fingerprint density at radius 2 is 1.90 bits per heavy atom. The molecule has 2 unspecified atom stereocenters. The van der Waals surface area contributed by atoms with Crippen LogP contribution in [0.4, 0.5) is 13.2 Å². The van der Waals surface area contributed by atoms with Gasteiger partial charge in [0.2, 0.25) is 5.89 Å². The number of hydrogen-bond donors (Lipinski definition) is 1. The molecule has 0 aliphatic heterocycles. The fraction of sp³-hybridized carbons (Fsp3) is 0.429. The molecule has 0 saturated heterocycles. The van der Waals surface area contributed by atoms with E-state index in [1.165, 1.54) is 0 Å². The molecule has 1 N–H and O–H groups in total. The molecule has 0 aliphatic rings. The molecule has 21 heavy (non-hydrogen) atoms. The number of likely N-dealkylation sites (N-methyl/N-ethyl adjacent to an activating group) is 1. The minimum atomic E-state index is -4.34. The third-order valence-electron chi connectivity index (χ3n) is 3.20. The van der Waals surface area contributed by atoms with E-state index in [4.69, 9.17) is 4.52 Å². The van der Waals surface area contributed by atoms with Crippen LogP contribution in [0.1, 0.15) is 36.2 Å². The molecule has 1 heterocycles. The Morgan fingerprint density at radius 3 is 2.48 bits per heavy atom. The maximum atomic E-state index is 12.3. The summed E-state index contributed by atoms with van der Waals surface area (Å²) in [4.78, 5) is 3.85. The highest BCUT2D eigenvalue weighted by Gasteiger charge is 2.32. The van der Waals surface area contributed by atoms with Crippen molar-refractivity contribution in [2.75, 3.05) is 7.05 Å². The van der Waals surface area contributed by atoms with Crippen molar-refractivity contribution in [2.24, 2.45) is 0 Å². The Morgan fingerprint density at radius 1 is 1.24 bits per heavy atom. The molecule has 2 aromatic rings. The van der Waals surface area contributed by atoms with Crippen molar-refractivity contribution in [1.82, 2.24) is 15.5 Å². The summed E-state index contributed by atoms with van der Waals surface area (Å²) in [5.74, 6) is -0.392. The van der Waals surface area contributed by atoms with Crippen molar-refractivity contribution < 1.29 is 17.7 Å². The number of halogens is 3. The Bertz CT molecular complexity index is 568. The molecule has 2 atom stereocenters. The Hall–Kier alpha value is -1.89. The normalized spacial score (nSPS) is 14.9. The van der Waals surface area contributed by atoms with Crippen LogP contribution in [-0.2, 0) is 6.42 Å². The maximum Gasteiger partial charge on any atom is 0.396 e. The third-order valence-corrected chi connectivity index (χ3v) is 3.20. The first kappa shape index (κ1) is 15.5. The first-order chi connectivity index (χ1) is 9.90. The molecule has 114 valence electrons. The highest BCUT2D eigenvalue weighted by Crippen LogP contribution is 2.30. The predicted octanol–water partition coefficient (Wildman–Crippen LogP) is 3.24. The van der Waals surface area contributed by atoms with E-state index in [1.807, 2.05) is 37.3 Å². The van der Waals surface area contributed by atoms with Crippen molar-refractivity contribution in [3.63, 3.8) is 0 Å². The zero-order valence-electron chi connectivity index (χ0n) is 11.7. The van der Waals surface area contributed by atoms with Crippen LogP contribution in [0.25, 0.3) is 0 Å². The highest BCUT2D eigenvalue weighted by atomic mass is 19.4. The lowest BCUT2D eigenvalue weighted by Gasteiger charge is -2.21. The van der Waals surface area contributed by atoms with Crippen LogP contribution in [0.3, 0.4) is 0 Å². The van der Waals surface area contributed by atoms with Gasteiger partial charge >= 0.3 is 6.18 Å². The van der Waals surface area contributed by atoms with E-state index in [9.17, 15) is 13.2 Å². The minimum absolute atomic E-state index is 0.120. The van der Waals surface area contributed by atoms with E-state index in [-0.39, 0.29) is 23.7 Å². The number of hydrogen-bond acceptors (Lipinski definition) is 4. The predicted molar refractivity (Wildman–Crippen MR) is 70.7 cm³/mol. The van der Waals surface area contributed by atoms with Crippen LogP contribution in [0.5, 0.6) is 0 Å². The van der Waals surface area contributed by atoms with Gasteiger partial charge in [0.05, 0.1) is 5.92 Å². The molecule has 0 saturated carbocycles. The molecule has 0 spiro atoms. The zero-order valence-corrected chi connectivity index (χ0v) is 11.7. The van der Waals surface area contributed by atoms with E-state index in [1.54, 1.807) is 7.05 Å². The summed E-state index contributed by atoms with van der Waals surface area (Å²) in [5, 5.41) is 6.52. The number of benzene rings is 1. The highest BCUT2D eigenvalue weighted by molar-refractivity contribution is 5.21. The van der Waals surface area contributed by atoms with Gasteiger partial charge in [-0.2, -0.15) is 18.2 Å². The SMILES string of the molecule is CNC(c1ccccc1)C(C)c1nc(CC(F)(F)F)no1. The maximum absolute atomic E-state index is 12.3. The van der Waals surface area contributed by atoms with Gasteiger partial charge in [-0.1, -0.05) is 42.4 Å². The second kappa shape index (κ2) is 6.26. The molecule has 0 fully saturated rings. The van der Waals surface area contributed by atoms with Crippen molar-refractivity contribution in [1.29, 1.82) is 0 Å². The van der Waals surface area contributed by atoms with Gasteiger partial charge in [0.25, 0.3) is 0 Å². The summed E-state index contributed by atoms with van der Waals surface area (Å²) in [5.41, 5.74) is 1.00. The van der Waals surface area contributed by atoms with E-state index in [0.29, 0.717) is 0 Å². The fourth-order valence-electron chi connectivity index (χ4n) is 2.21. The molecule has 0 bridgehead atoms. The Labute approximate surface area is 120 Å². The summed E-state index contributed by atoms with van der Waals surface area (Å²) in [6.07, 6.45) is -5.52. The quantitative estimate of drug-likeness (QED) is 0.921. The van der Waals surface area contributed by atoms with E-state index >= 15 is 0 Å².